The summed E-state index contributed by atoms with van der Waals surface area (Å²) in [6.45, 7) is 3.90. The van der Waals surface area contributed by atoms with Crippen LogP contribution >= 0.6 is 11.6 Å². The van der Waals surface area contributed by atoms with Crippen molar-refractivity contribution in [2.75, 3.05) is 0 Å². The van der Waals surface area contributed by atoms with Crippen LogP contribution in [-0.2, 0) is 12.8 Å². The van der Waals surface area contributed by atoms with Gasteiger partial charge >= 0.3 is 0 Å². The Kier molecular flexibility index (Phi) is 5.10. The van der Waals surface area contributed by atoms with E-state index < -0.39 is 0 Å². The second kappa shape index (κ2) is 7.30. The molecular formula is C22H21ClO3. The van der Waals surface area contributed by atoms with Crippen molar-refractivity contribution >= 4 is 11.6 Å². The Morgan fingerprint density at radius 1 is 0.654 bits per heavy atom. The van der Waals surface area contributed by atoms with Crippen molar-refractivity contribution < 1.29 is 15.3 Å². The lowest BCUT2D eigenvalue weighted by atomic mass is 9.96. The Hall–Kier alpha value is -2.65. The quantitative estimate of drug-likeness (QED) is 0.589. The first-order valence-electron chi connectivity index (χ1n) is 8.40. The average Bonchev–Trinajstić information content (AvgIpc) is 2.58. The molecule has 3 nitrogen and oxygen atoms in total. The van der Waals surface area contributed by atoms with Crippen molar-refractivity contribution in [1.29, 1.82) is 0 Å². The van der Waals surface area contributed by atoms with Gasteiger partial charge in [-0.15, -0.1) is 0 Å². The monoisotopic (exact) mass is 368 g/mol. The summed E-state index contributed by atoms with van der Waals surface area (Å²) in [7, 11) is 0. The molecule has 3 N–H and O–H groups in total. The number of rotatable bonds is 4. The van der Waals surface area contributed by atoms with E-state index in [4.69, 9.17) is 11.6 Å². The molecule has 0 unspecified atom stereocenters. The van der Waals surface area contributed by atoms with Gasteiger partial charge in [-0.25, -0.2) is 0 Å². The van der Waals surface area contributed by atoms with E-state index in [1.54, 1.807) is 24.3 Å². The van der Waals surface area contributed by atoms with Crippen LogP contribution in [0.3, 0.4) is 0 Å². The van der Waals surface area contributed by atoms with E-state index in [1.807, 2.05) is 38.1 Å². The van der Waals surface area contributed by atoms with Crippen molar-refractivity contribution in [3.05, 3.63) is 86.9 Å². The summed E-state index contributed by atoms with van der Waals surface area (Å²) in [5.74, 6) is 0.511. The fourth-order valence-electron chi connectivity index (χ4n) is 3.11. The van der Waals surface area contributed by atoms with Crippen LogP contribution in [0.4, 0.5) is 0 Å². The summed E-state index contributed by atoms with van der Waals surface area (Å²) in [5, 5.41) is 31.4. The van der Waals surface area contributed by atoms with Gasteiger partial charge in [0.25, 0.3) is 0 Å². The molecule has 0 atom stereocenters. The number of halogens is 1. The minimum absolute atomic E-state index is 0.135. The molecule has 0 aliphatic carbocycles. The highest BCUT2D eigenvalue weighted by molar-refractivity contribution is 6.30. The first-order valence-corrected chi connectivity index (χ1v) is 8.78. The van der Waals surface area contributed by atoms with E-state index >= 15 is 0 Å². The Balaban J connectivity index is 1.98. The number of hydrogen-bond donors (Lipinski definition) is 3. The molecule has 0 heterocycles. The first kappa shape index (κ1) is 18.2. The zero-order valence-electron chi connectivity index (χ0n) is 14.8. The maximum Gasteiger partial charge on any atom is 0.122 e. The van der Waals surface area contributed by atoms with E-state index in [9.17, 15) is 15.3 Å². The third-order valence-electron chi connectivity index (χ3n) is 4.46. The van der Waals surface area contributed by atoms with Crippen molar-refractivity contribution in [3.63, 3.8) is 0 Å². The van der Waals surface area contributed by atoms with Crippen LogP contribution in [-0.4, -0.2) is 15.3 Å². The molecule has 0 radical (unpaired) electrons. The molecule has 0 bridgehead atoms. The van der Waals surface area contributed by atoms with E-state index in [-0.39, 0.29) is 17.2 Å². The van der Waals surface area contributed by atoms with Gasteiger partial charge in [-0.3, -0.25) is 0 Å². The number of phenolic OH excluding ortho intramolecular Hbond substituents is 3. The van der Waals surface area contributed by atoms with Crippen molar-refractivity contribution in [3.8, 4) is 17.2 Å². The second-order valence-electron chi connectivity index (χ2n) is 6.69. The molecule has 0 spiro atoms. The molecule has 3 aromatic rings. The van der Waals surface area contributed by atoms with Gasteiger partial charge in [-0.05, 0) is 49.2 Å². The van der Waals surface area contributed by atoms with Gasteiger partial charge in [0.1, 0.15) is 17.2 Å². The van der Waals surface area contributed by atoms with Crippen LogP contribution in [0, 0.1) is 13.8 Å². The van der Waals surface area contributed by atoms with Crippen LogP contribution in [0.25, 0.3) is 0 Å². The number of hydrogen-bond acceptors (Lipinski definition) is 3. The van der Waals surface area contributed by atoms with Crippen LogP contribution in [0.5, 0.6) is 17.2 Å². The van der Waals surface area contributed by atoms with Crippen LogP contribution in [0.15, 0.2) is 48.5 Å². The molecule has 0 aliphatic heterocycles. The Labute approximate surface area is 158 Å². The maximum atomic E-state index is 10.7. The standard InChI is InChI=1S/C22H21ClO3/c1-13-3-5-20(24)15(7-13)9-17-11-19(23)12-18(22(17)26)10-16-8-14(2)4-6-21(16)25/h3-8,11-12,24-26H,9-10H2,1-2H3. The Bertz CT molecular complexity index is 889. The average molecular weight is 369 g/mol. The van der Waals surface area contributed by atoms with E-state index in [1.165, 1.54) is 0 Å². The highest BCUT2D eigenvalue weighted by atomic mass is 35.5. The lowest BCUT2D eigenvalue weighted by Crippen LogP contribution is -1.97. The molecule has 0 fully saturated rings. The zero-order valence-corrected chi connectivity index (χ0v) is 15.5. The van der Waals surface area contributed by atoms with Crippen LogP contribution in [0.1, 0.15) is 33.4 Å². The Morgan fingerprint density at radius 3 is 1.50 bits per heavy atom. The maximum absolute atomic E-state index is 10.7. The molecule has 0 saturated carbocycles. The number of benzene rings is 3. The third-order valence-corrected chi connectivity index (χ3v) is 4.68. The van der Waals surface area contributed by atoms with Crippen LogP contribution < -0.4 is 0 Å². The molecule has 4 heteroatoms. The highest BCUT2D eigenvalue weighted by Gasteiger charge is 2.14. The molecule has 26 heavy (non-hydrogen) atoms. The molecule has 0 aliphatic rings. The molecule has 0 saturated heterocycles. The third kappa shape index (κ3) is 3.94. The number of aromatic hydroxyl groups is 3. The number of phenols is 3. The van der Waals surface area contributed by atoms with E-state index in [2.05, 4.69) is 0 Å². The smallest absolute Gasteiger partial charge is 0.122 e. The zero-order chi connectivity index (χ0) is 18.8. The summed E-state index contributed by atoms with van der Waals surface area (Å²) in [5.41, 5.74) is 4.80. The van der Waals surface area contributed by atoms with Gasteiger partial charge in [0.2, 0.25) is 0 Å². The SMILES string of the molecule is Cc1ccc(O)c(Cc2cc(Cl)cc(Cc3cc(C)ccc3O)c2O)c1. The van der Waals surface area contributed by atoms with Gasteiger partial charge in [0, 0.05) is 29.0 Å². The van der Waals surface area contributed by atoms with Crippen molar-refractivity contribution in [2.45, 2.75) is 26.7 Å². The van der Waals surface area contributed by atoms with Gasteiger partial charge in [0.05, 0.1) is 0 Å². The molecule has 3 aromatic carbocycles. The van der Waals surface area contributed by atoms with Crippen molar-refractivity contribution in [2.24, 2.45) is 0 Å². The number of aryl methyl sites for hydroxylation is 2. The lowest BCUT2D eigenvalue weighted by molar-refractivity contribution is 0.457. The minimum atomic E-state index is 0.135. The van der Waals surface area contributed by atoms with Crippen molar-refractivity contribution in [1.82, 2.24) is 0 Å². The predicted octanol–water partition coefficient (Wildman–Crippen LogP) is 5.26. The van der Waals surface area contributed by atoms with Gasteiger partial charge in [-0.2, -0.15) is 0 Å². The molecular weight excluding hydrogens is 348 g/mol. The summed E-state index contributed by atoms with van der Waals surface area (Å²) >= 11 is 6.26. The minimum Gasteiger partial charge on any atom is -0.508 e. The normalized spacial score (nSPS) is 10.9. The molecule has 0 amide bonds. The van der Waals surface area contributed by atoms with Gasteiger partial charge in [-0.1, -0.05) is 47.0 Å². The molecule has 134 valence electrons. The summed E-state index contributed by atoms with van der Waals surface area (Å²) in [6.07, 6.45) is 0.736. The topological polar surface area (TPSA) is 60.7 Å². The fourth-order valence-corrected chi connectivity index (χ4v) is 3.37. The highest BCUT2D eigenvalue weighted by Crippen LogP contribution is 2.34. The lowest BCUT2D eigenvalue weighted by Gasteiger charge is -2.13. The predicted molar refractivity (Wildman–Crippen MR) is 104 cm³/mol. The van der Waals surface area contributed by atoms with Gasteiger partial charge in [0.15, 0.2) is 0 Å². The summed E-state index contributed by atoms with van der Waals surface area (Å²) in [6, 6.07) is 14.2. The van der Waals surface area contributed by atoms with E-state index in [0.29, 0.717) is 29.0 Å². The first-order chi connectivity index (χ1) is 12.3. The molecule has 0 aromatic heterocycles. The van der Waals surface area contributed by atoms with E-state index in [0.717, 1.165) is 22.3 Å². The fraction of sp³-hybridized carbons (Fsp3) is 0.182. The summed E-state index contributed by atoms with van der Waals surface area (Å²) in [4.78, 5) is 0. The molecule has 3 rings (SSSR count). The van der Waals surface area contributed by atoms with Gasteiger partial charge < -0.3 is 15.3 Å². The second-order valence-corrected chi connectivity index (χ2v) is 7.13. The van der Waals surface area contributed by atoms with Crippen LogP contribution in [0.2, 0.25) is 5.02 Å². The largest absolute Gasteiger partial charge is 0.508 e. The summed E-state index contributed by atoms with van der Waals surface area (Å²) < 4.78 is 0. The Morgan fingerprint density at radius 2 is 1.08 bits per heavy atom.